The summed E-state index contributed by atoms with van der Waals surface area (Å²) in [6.07, 6.45) is 0. The molecule has 0 aromatic heterocycles. The van der Waals surface area contributed by atoms with Gasteiger partial charge in [-0.1, -0.05) is 0 Å². The van der Waals surface area contributed by atoms with Gasteiger partial charge < -0.3 is 11.5 Å². The first-order chi connectivity index (χ1) is 5.52. The van der Waals surface area contributed by atoms with E-state index in [-0.39, 0.29) is 11.4 Å². The van der Waals surface area contributed by atoms with Crippen LogP contribution < -0.4 is 11.5 Å². The molecule has 0 saturated carbocycles. The molecule has 12 heavy (non-hydrogen) atoms. The largest absolute Gasteiger partial charge is 0.398 e. The van der Waals surface area contributed by atoms with Crippen molar-refractivity contribution in [3.05, 3.63) is 28.1 Å². The highest BCUT2D eigenvalue weighted by Gasteiger charge is 2.17. The minimum Gasteiger partial charge on any atom is -0.398 e. The Hall–Kier alpha value is -1.85. The van der Waals surface area contributed by atoms with Gasteiger partial charge in [-0.05, 0) is 6.07 Å². The maximum absolute atomic E-state index is 12.8. The van der Waals surface area contributed by atoms with Crippen molar-refractivity contribution in [1.82, 2.24) is 0 Å². The van der Waals surface area contributed by atoms with Crippen molar-refractivity contribution in [1.29, 1.82) is 0 Å². The van der Waals surface area contributed by atoms with E-state index in [1.807, 2.05) is 0 Å². The Bertz CT molecular complexity index is 340. The van der Waals surface area contributed by atoms with Gasteiger partial charge in [-0.3, -0.25) is 10.1 Å². The Morgan fingerprint density at radius 1 is 1.42 bits per heavy atom. The SMILES string of the molecule is Nc1cc(N)c(F)c([N+](=O)[O-])c1. The third kappa shape index (κ3) is 1.26. The molecule has 0 unspecified atom stereocenters. The molecule has 4 N–H and O–H groups in total. The number of nitro benzene ring substituents is 1. The number of nitro groups is 1. The highest BCUT2D eigenvalue weighted by Crippen LogP contribution is 2.25. The van der Waals surface area contributed by atoms with E-state index in [2.05, 4.69) is 0 Å². The maximum Gasteiger partial charge on any atom is 0.309 e. The number of rotatable bonds is 1. The molecule has 0 aliphatic rings. The fourth-order valence-electron chi connectivity index (χ4n) is 0.787. The van der Waals surface area contributed by atoms with E-state index in [0.717, 1.165) is 12.1 Å². The number of hydrogen-bond donors (Lipinski definition) is 2. The van der Waals surface area contributed by atoms with Crippen LogP contribution in [-0.4, -0.2) is 4.92 Å². The summed E-state index contributed by atoms with van der Waals surface area (Å²) in [5.41, 5.74) is 9.37. The number of nitrogens with zero attached hydrogens (tertiary/aromatic N) is 1. The highest BCUT2D eigenvalue weighted by atomic mass is 19.1. The van der Waals surface area contributed by atoms with E-state index < -0.39 is 16.4 Å². The third-order valence-corrected chi connectivity index (χ3v) is 1.30. The number of benzene rings is 1. The lowest BCUT2D eigenvalue weighted by molar-refractivity contribution is -0.387. The van der Waals surface area contributed by atoms with Crippen molar-refractivity contribution in [2.45, 2.75) is 0 Å². The van der Waals surface area contributed by atoms with Gasteiger partial charge in [-0.25, -0.2) is 0 Å². The van der Waals surface area contributed by atoms with E-state index >= 15 is 0 Å². The minimum absolute atomic E-state index is 0.0700. The van der Waals surface area contributed by atoms with Gasteiger partial charge in [0.2, 0.25) is 5.82 Å². The summed E-state index contributed by atoms with van der Waals surface area (Å²) >= 11 is 0. The molecular formula is C6H6FN3O2. The molecule has 0 bridgehead atoms. The molecule has 64 valence electrons. The van der Waals surface area contributed by atoms with Crippen LogP contribution in [0.3, 0.4) is 0 Å². The average Bonchev–Trinajstić information content (AvgIpc) is 1.96. The molecule has 1 aromatic rings. The lowest BCUT2D eigenvalue weighted by atomic mass is 10.2. The number of hydrogen-bond acceptors (Lipinski definition) is 4. The van der Waals surface area contributed by atoms with Crippen molar-refractivity contribution in [2.75, 3.05) is 11.5 Å². The van der Waals surface area contributed by atoms with Gasteiger partial charge in [-0.15, -0.1) is 0 Å². The molecule has 5 nitrogen and oxygen atoms in total. The molecule has 0 atom stereocenters. The first-order valence-electron chi connectivity index (χ1n) is 3.01. The van der Waals surface area contributed by atoms with Gasteiger partial charge in [0.25, 0.3) is 0 Å². The zero-order valence-electron chi connectivity index (χ0n) is 5.95. The smallest absolute Gasteiger partial charge is 0.309 e. The monoisotopic (exact) mass is 171 g/mol. The van der Waals surface area contributed by atoms with Crippen LogP contribution >= 0.6 is 0 Å². The summed E-state index contributed by atoms with van der Waals surface area (Å²) in [4.78, 5) is 9.31. The molecule has 0 radical (unpaired) electrons. The molecule has 0 fully saturated rings. The van der Waals surface area contributed by atoms with Crippen molar-refractivity contribution < 1.29 is 9.31 Å². The lowest BCUT2D eigenvalue weighted by Crippen LogP contribution is -1.99. The van der Waals surface area contributed by atoms with Gasteiger partial charge in [0.15, 0.2) is 0 Å². The molecule has 1 aromatic carbocycles. The summed E-state index contributed by atoms with van der Waals surface area (Å²) in [5, 5.41) is 10.2. The van der Waals surface area contributed by atoms with Crippen LogP contribution in [0.2, 0.25) is 0 Å². The van der Waals surface area contributed by atoms with Crippen LogP contribution in [0.1, 0.15) is 0 Å². The Morgan fingerprint density at radius 2 is 2.00 bits per heavy atom. The lowest BCUT2D eigenvalue weighted by Gasteiger charge is -1.99. The van der Waals surface area contributed by atoms with Crippen molar-refractivity contribution in [2.24, 2.45) is 0 Å². The van der Waals surface area contributed by atoms with Gasteiger partial charge in [0.1, 0.15) is 0 Å². The quantitative estimate of drug-likeness (QED) is 0.372. The summed E-state index contributed by atoms with van der Waals surface area (Å²) in [6, 6.07) is 2.05. The van der Waals surface area contributed by atoms with Gasteiger partial charge in [0, 0.05) is 11.8 Å². The van der Waals surface area contributed by atoms with E-state index in [9.17, 15) is 14.5 Å². The van der Waals surface area contributed by atoms with Gasteiger partial charge >= 0.3 is 5.69 Å². The predicted molar refractivity (Wildman–Crippen MR) is 41.9 cm³/mol. The van der Waals surface area contributed by atoms with Crippen molar-refractivity contribution in [3.63, 3.8) is 0 Å². The minimum atomic E-state index is -1.05. The molecule has 0 spiro atoms. The second-order valence-corrected chi connectivity index (χ2v) is 2.20. The molecule has 0 heterocycles. The summed E-state index contributed by atoms with van der Waals surface area (Å²) in [6.45, 7) is 0. The highest BCUT2D eigenvalue weighted by molar-refractivity contribution is 5.60. The van der Waals surface area contributed by atoms with Crippen LogP contribution in [0, 0.1) is 15.9 Å². The van der Waals surface area contributed by atoms with Gasteiger partial charge in [-0.2, -0.15) is 4.39 Å². The third-order valence-electron chi connectivity index (χ3n) is 1.30. The number of nitrogen functional groups attached to an aromatic ring is 2. The second-order valence-electron chi connectivity index (χ2n) is 2.20. The fourth-order valence-corrected chi connectivity index (χ4v) is 0.787. The normalized spacial score (nSPS) is 9.75. The molecule has 0 aliphatic carbocycles. The Labute approximate surface area is 66.9 Å². The molecule has 0 amide bonds. The van der Waals surface area contributed by atoms with Crippen LogP contribution in [-0.2, 0) is 0 Å². The first-order valence-corrected chi connectivity index (χ1v) is 3.01. The molecular weight excluding hydrogens is 165 g/mol. The molecule has 6 heteroatoms. The number of nitrogens with two attached hydrogens (primary N) is 2. The summed E-state index contributed by atoms with van der Waals surface area (Å²) in [5.74, 6) is -1.05. The summed E-state index contributed by atoms with van der Waals surface area (Å²) in [7, 11) is 0. The van der Waals surface area contributed by atoms with E-state index in [0.29, 0.717) is 0 Å². The standard InChI is InChI=1S/C6H6FN3O2/c7-6-4(9)1-3(8)2-5(6)10(11)12/h1-2H,8-9H2. The van der Waals surface area contributed by atoms with E-state index in [4.69, 9.17) is 11.5 Å². The average molecular weight is 171 g/mol. The first kappa shape index (κ1) is 8.25. The molecule has 0 saturated heterocycles. The van der Waals surface area contributed by atoms with Crippen LogP contribution in [0.4, 0.5) is 21.5 Å². The van der Waals surface area contributed by atoms with Gasteiger partial charge in [0.05, 0.1) is 10.6 Å². The van der Waals surface area contributed by atoms with Crippen molar-refractivity contribution >= 4 is 17.1 Å². The van der Waals surface area contributed by atoms with E-state index in [1.165, 1.54) is 0 Å². The Kier molecular flexibility index (Phi) is 1.82. The van der Waals surface area contributed by atoms with E-state index in [1.54, 1.807) is 0 Å². The zero-order chi connectivity index (χ0) is 9.30. The summed E-state index contributed by atoms with van der Waals surface area (Å²) < 4.78 is 12.8. The Balaban J connectivity index is 3.37. The fraction of sp³-hybridized carbons (Fsp3) is 0. The Morgan fingerprint density at radius 3 is 2.50 bits per heavy atom. The molecule has 1 rings (SSSR count). The van der Waals surface area contributed by atoms with Crippen LogP contribution in [0.5, 0.6) is 0 Å². The second kappa shape index (κ2) is 2.65. The number of anilines is 2. The number of halogens is 1. The topological polar surface area (TPSA) is 95.2 Å². The predicted octanol–water partition coefficient (Wildman–Crippen LogP) is 0.898. The maximum atomic E-state index is 12.8. The van der Waals surface area contributed by atoms with Crippen LogP contribution in [0.15, 0.2) is 12.1 Å². The van der Waals surface area contributed by atoms with Crippen molar-refractivity contribution in [3.8, 4) is 0 Å². The molecule has 0 aliphatic heterocycles. The van der Waals surface area contributed by atoms with Crippen LogP contribution in [0.25, 0.3) is 0 Å². The zero-order valence-corrected chi connectivity index (χ0v) is 5.95.